The molecule has 2 fully saturated rings. The fraction of sp³-hybridized carbons (Fsp3) is 0.636. The van der Waals surface area contributed by atoms with Crippen LogP contribution in [0.5, 0.6) is 0 Å². The van der Waals surface area contributed by atoms with E-state index in [2.05, 4.69) is 32.9 Å². The highest BCUT2D eigenvalue weighted by molar-refractivity contribution is 5.89. The molecule has 0 heterocycles. The first-order chi connectivity index (χ1) is 17.7. The van der Waals surface area contributed by atoms with Gasteiger partial charge in [0.1, 0.15) is 6.10 Å². The van der Waals surface area contributed by atoms with E-state index in [9.17, 15) is 9.59 Å². The van der Waals surface area contributed by atoms with Crippen LogP contribution in [0.1, 0.15) is 94.5 Å². The second-order valence-electron chi connectivity index (χ2n) is 12.8. The Morgan fingerprint density at radius 2 is 1.81 bits per heavy atom. The number of carbonyl (C=O) groups is 2. The molecule has 4 aliphatic carbocycles. The van der Waals surface area contributed by atoms with Crippen LogP contribution >= 0.6 is 0 Å². The molecular weight excluding hydrogens is 460 g/mol. The van der Waals surface area contributed by atoms with E-state index in [0.29, 0.717) is 35.7 Å². The van der Waals surface area contributed by atoms with Crippen LogP contribution in [0.4, 0.5) is 0 Å². The topological polar surface area (TPSA) is 52.6 Å². The Kier molecular flexibility index (Phi) is 7.15. The molecule has 0 aliphatic heterocycles. The van der Waals surface area contributed by atoms with E-state index in [-0.39, 0.29) is 28.9 Å². The number of allylic oxidation sites excluding steroid dienone is 4. The van der Waals surface area contributed by atoms with Crippen molar-refractivity contribution in [3.8, 4) is 0 Å². The van der Waals surface area contributed by atoms with Gasteiger partial charge in [-0.25, -0.2) is 4.79 Å². The minimum absolute atomic E-state index is 0.0216. The Labute approximate surface area is 222 Å². The summed E-state index contributed by atoms with van der Waals surface area (Å²) in [4.78, 5) is 24.5. The largest absolute Gasteiger partial charge is 0.469 e. The van der Waals surface area contributed by atoms with Gasteiger partial charge in [-0.2, -0.15) is 0 Å². The van der Waals surface area contributed by atoms with Crippen LogP contribution in [-0.2, 0) is 14.3 Å². The third-order valence-corrected chi connectivity index (χ3v) is 10.7. The number of benzene rings is 1. The zero-order valence-electron chi connectivity index (χ0n) is 23.3. The Morgan fingerprint density at radius 3 is 2.54 bits per heavy atom. The van der Waals surface area contributed by atoms with Gasteiger partial charge in [-0.1, -0.05) is 61.8 Å². The quantitative estimate of drug-likeness (QED) is 0.295. The molecule has 0 bridgehead atoms. The van der Waals surface area contributed by atoms with Crippen LogP contribution in [0, 0.1) is 41.4 Å². The fourth-order valence-electron chi connectivity index (χ4n) is 8.47. The number of methoxy groups -OCH3 is 1. The van der Waals surface area contributed by atoms with Crippen molar-refractivity contribution >= 4 is 11.9 Å². The minimum Gasteiger partial charge on any atom is -0.469 e. The van der Waals surface area contributed by atoms with Gasteiger partial charge in [-0.05, 0) is 105 Å². The highest BCUT2D eigenvalue weighted by Gasteiger charge is 2.55. The summed E-state index contributed by atoms with van der Waals surface area (Å²) in [5, 5.41) is 0. The lowest BCUT2D eigenvalue weighted by Crippen LogP contribution is -2.48. The molecule has 0 aromatic heterocycles. The van der Waals surface area contributed by atoms with E-state index in [1.54, 1.807) is 11.1 Å². The summed E-state index contributed by atoms with van der Waals surface area (Å²) in [5.74, 6) is 2.02. The van der Waals surface area contributed by atoms with Gasteiger partial charge in [0.15, 0.2) is 0 Å². The predicted octanol–water partition coefficient (Wildman–Crippen LogP) is 7.61. The first-order valence-corrected chi connectivity index (χ1v) is 14.4. The van der Waals surface area contributed by atoms with Crippen molar-refractivity contribution in [2.24, 2.45) is 34.5 Å². The van der Waals surface area contributed by atoms with E-state index in [1.165, 1.54) is 20.0 Å². The lowest BCUT2D eigenvalue weighted by molar-refractivity contribution is -0.140. The zero-order valence-corrected chi connectivity index (χ0v) is 23.3. The Bertz CT molecular complexity index is 1100. The van der Waals surface area contributed by atoms with Gasteiger partial charge in [-0.3, -0.25) is 4.79 Å². The molecule has 200 valence electrons. The smallest absolute Gasteiger partial charge is 0.338 e. The molecule has 4 aliphatic rings. The summed E-state index contributed by atoms with van der Waals surface area (Å²) in [6.45, 7) is 9.30. The Morgan fingerprint density at radius 1 is 1.05 bits per heavy atom. The number of hydrogen-bond donors (Lipinski definition) is 0. The molecule has 0 saturated heterocycles. The highest BCUT2D eigenvalue weighted by atomic mass is 16.5. The van der Waals surface area contributed by atoms with Crippen molar-refractivity contribution in [3.05, 3.63) is 58.7 Å². The van der Waals surface area contributed by atoms with Crippen LogP contribution in [0.15, 0.2) is 47.6 Å². The molecule has 5 rings (SSSR count). The molecule has 0 unspecified atom stereocenters. The molecule has 2 saturated carbocycles. The van der Waals surface area contributed by atoms with Gasteiger partial charge in [0, 0.05) is 6.42 Å². The van der Waals surface area contributed by atoms with Crippen molar-refractivity contribution < 1.29 is 19.1 Å². The number of hydrogen-bond acceptors (Lipinski definition) is 4. The molecule has 4 heteroatoms. The Balaban J connectivity index is 1.26. The van der Waals surface area contributed by atoms with Crippen LogP contribution in [0.25, 0.3) is 0 Å². The first-order valence-electron chi connectivity index (χ1n) is 14.4. The normalized spacial score (nSPS) is 35.3. The van der Waals surface area contributed by atoms with E-state index in [0.717, 1.165) is 44.1 Å². The van der Waals surface area contributed by atoms with Gasteiger partial charge in [0.2, 0.25) is 0 Å². The number of fused-ring (bicyclic) bond motifs is 5. The lowest BCUT2D eigenvalue weighted by atomic mass is 9.48. The molecular formula is C33H44O4. The van der Waals surface area contributed by atoms with Crippen LogP contribution in [0.3, 0.4) is 0 Å². The van der Waals surface area contributed by atoms with E-state index in [1.807, 2.05) is 31.2 Å². The second-order valence-corrected chi connectivity index (χ2v) is 12.8. The SMILES string of the molecule is COC(=O)CC[C@H](C)C1=CC[C@H]2[C@@H]3CC[C@@H]4C[C@H](OC(=O)c5ccc(C)cc5)CC[C@]4(C)C3=CC[C@]12C. The average molecular weight is 505 g/mol. The van der Waals surface area contributed by atoms with Gasteiger partial charge in [0.05, 0.1) is 12.7 Å². The van der Waals surface area contributed by atoms with Crippen molar-refractivity contribution in [2.75, 3.05) is 7.11 Å². The summed E-state index contributed by atoms with van der Waals surface area (Å²) >= 11 is 0. The maximum atomic E-state index is 12.8. The molecule has 1 aromatic carbocycles. The number of carbonyl (C=O) groups excluding carboxylic acids is 2. The molecule has 0 amide bonds. The van der Waals surface area contributed by atoms with Crippen molar-refractivity contribution in [3.63, 3.8) is 0 Å². The van der Waals surface area contributed by atoms with Gasteiger partial charge < -0.3 is 9.47 Å². The van der Waals surface area contributed by atoms with E-state index < -0.39 is 0 Å². The van der Waals surface area contributed by atoms with Crippen molar-refractivity contribution in [2.45, 2.75) is 91.6 Å². The summed E-state index contributed by atoms with van der Waals surface area (Å²) in [7, 11) is 1.48. The van der Waals surface area contributed by atoms with Gasteiger partial charge in [-0.15, -0.1) is 0 Å². The third-order valence-electron chi connectivity index (χ3n) is 10.7. The van der Waals surface area contributed by atoms with E-state index in [4.69, 9.17) is 9.47 Å². The molecule has 0 spiro atoms. The standard InChI is InChI=1S/C33H44O4/c1-21-6-9-23(10-7-21)31(35)37-25-16-18-32(3)24(20-25)11-12-26-28-14-13-27(22(2)8-15-30(34)36-5)33(28,4)19-17-29(26)32/h6-7,9-10,13,17,22,24-26,28H,8,11-12,14-16,18-20H2,1-5H3/t22-,24+,25+,26-,28-,32-,33+/m0/s1. The zero-order chi connectivity index (χ0) is 26.4. The number of rotatable bonds is 6. The predicted molar refractivity (Wildman–Crippen MR) is 146 cm³/mol. The number of aryl methyl sites for hydroxylation is 1. The fourth-order valence-corrected chi connectivity index (χ4v) is 8.47. The maximum Gasteiger partial charge on any atom is 0.338 e. The summed E-state index contributed by atoms with van der Waals surface area (Å²) in [6, 6.07) is 7.70. The Hall–Kier alpha value is -2.36. The molecule has 0 N–H and O–H groups in total. The summed E-state index contributed by atoms with van der Waals surface area (Å²) in [5.41, 5.74) is 5.49. The third kappa shape index (κ3) is 4.70. The van der Waals surface area contributed by atoms with Crippen LogP contribution < -0.4 is 0 Å². The van der Waals surface area contributed by atoms with Crippen molar-refractivity contribution in [1.82, 2.24) is 0 Å². The molecule has 0 radical (unpaired) electrons. The second kappa shape index (κ2) is 10.1. The van der Waals surface area contributed by atoms with Gasteiger partial charge in [0.25, 0.3) is 0 Å². The molecule has 37 heavy (non-hydrogen) atoms. The highest BCUT2D eigenvalue weighted by Crippen LogP contribution is 2.65. The maximum absolute atomic E-state index is 12.8. The summed E-state index contributed by atoms with van der Waals surface area (Å²) in [6.07, 6.45) is 14.3. The van der Waals surface area contributed by atoms with Crippen LogP contribution in [0.2, 0.25) is 0 Å². The van der Waals surface area contributed by atoms with Crippen LogP contribution in [-0.4, -0.2) is 25.2 Å². The lowest BCUT2D eigenvalue weighted by Gasteiger charge is -2.57. The first kappa shape index (κ1) is 26.3. The monoisotopic (exact) mass is 504 g/mol. The average Bonchev–Trinajstić information content (AvgIpc) is 3.25. The van der Waals surface area contributed by atoms with E-state index >= 15 is 0 Å². The number of esters is 2. The molecule has 4 nitrogen and oxygen atoms in total. The molecule has 7 atom stereocenters. The van der Waals surface area contributed by atoms with Crippen molar-refractivity contribution in [1.29, 1.82) is 0 Å². The number of ether oxygens (including phenoxy) is 2. The minimum atomic E-state index is -0.180. The summed E-state index contributed by atoms with van der Waals surface area (Å²) < 4.78 is 10.9. The van der Waals surface area contributed by atoms with Gasteiger partial charge >= 0.3 is 11.9 Å². The molecule has 1 aromatic rings.